The highest BCUT2D eigenvalue weighted by molar-refractivity contribution is 5.94. The van der Waals surface area contributed by atoms with E-state index < -0.39 is 103 Å². The third-order valence-electron chi connectivity index (χ3n) is 10.5. The van der Waals surface area contributed by atoms with E-state index in [0.29, 0.717) is 13.0 Å². The van der Waals surface area contributed by atoms with Crippen molar-refractivity contribution in [2.24, 2.45) is 16.5 Å². The monoisotopic (exact) mass is 896 g/mol. The minimum absolute atomic E-state index is 0.0466. The fraction of sp³-hybridized carbons (Fsp3) is 0.535. The van der Waals surface area contributed by atoms with Crippen molar-refractivity contribution in [3.8, 4) is 0 Å². The van der Waals surface area contributed by atoms with Gasteiger partial charge in [0.1, 0.15) is 18.1 Å². The number of aliphatic imine (C=N–C) groups is 1. The van der Waals surface area contributed by atoms with Gasteiger partial charge in [0.15, 0.2) is 5.96 Å². The summed E-state index contributed by atoms with van der Waals surface area (Å²) >= 11 is 0. The van der Waals surface area contributed by atoms with Crippen molar-refractivity contribution in [3.05, 3.63) is 71.8 Å². The number of carboxylic acids is 2. The molecule has 21 nitrogen and oxygen atoms in total. The SMILES string of the molecule is C[C@@H](O)[C@H](NC(=O)[C@@H]1CCCN1)C(=O)N[C@@H](CCC(=O)O)C(=O)N[C@H](CN[C@@H](Cc1ccccc1)C(=O)N[C@@H](CCCN=C(N)N)C(=O)N[C@H](CO)CCC(=O)O)Cc1ccccc1. The summed E-state index contributed by atoms with van der Waals surface area (Å²) in [5, 5.41) is 58.6. The molecule has 1 fully saturated rings. The van der Waals surface area contributed by atoms with E-state index in [1.165, 1.54) is 6.92 Å². The highest BCUT2D eigenvalue weighted by atomic mass is 16.4. The minimum Gasteiger partial charge on any atom is -0.481 e. The highest BCUT2D eigenvalue weighted by Crippen LogP contribution is 2.11. The van der Waals surface area contributed by atoms with Crippen LogP contribution in [-0.2, 0) is 46.4 Å². The molecule has 5 amide bonds. The predicted molar refractivity (Wildman–Crippen MR) is 235 cm³/mol. The number of benzene rings is 2. The second-order valence-corrected chi connectivity index (χ2v) is 15.7. The van der Waals surface area contributed by atoms with Gasteiger partial charge in [0.05, 0.1) is 30.8 Å². The van der Waals surface area contributed by atoms with E-state index in [9.17, 15) is 48.9 Å². The van der Waals surface area contributed by atoms with Gasteiger partial charge in [-0.05, 0) is 76.0 Å². The lowest BCUT2D eigenvalue weighted by Gasteiger charge is -2.28. The number of nitrogens with one attached hydrogen (secondary N) is 7. The second kappa shape index (κ2) is 27.8. The van der Waals surface area contributed by atoms with Crippen LogP contribution >= 0.6 is 0 Å². The molecule has 0 bridgehead atoms. The molecular formula is C43H64N10O11. The van der Waals surface area contributed by atoms with Crippen molar-refractivity contribution >= 4 is 47.4 Å². The van der Waals surface area contributed by atoms with Gasteiger partial charge in [0.2, 0.25) is 29.5 Å². The van der Waals surface area contributed by atoms with E-state index >= 15 is 0 Å². The van der Waals surface area contributed by atoms with Gasteiger partial charge >= 0.3 is 11.9 Å². The minimum atomic E-state index is -1.45. The van der Waals surface area contributed by atoms with Gasteiger partial charge in [-0.15, -0.1) is 0 Å². The molecule has 1 heterocycles. The van der Waals surface area contributed by atoms with E-state index in [1.807, 2.05) is 30.3 Å². The van der Waals surface area contributed by atoms with E-state index in [0.717, 1.165) is 17.5 Å². The number of aliphatic carboxylic acids is 2. The lowest BCUT2D eigenvalue weighted by atomic mass is 10.0. The molecule has 0 spiro atoms. The molecule has 0 unspecified atom stereocenters. The Morgan fingerprint density at radius 3 is 1.81 bits per heavy atom. The van der Waals surface area contributed by atoms with Gasteiger partial charge in [-0.25, -0.2) is 0 Å². The summed E-state index contributed by atoms with van der Waals surface area (Å²) in [5.74, 6) is -5.94. The first-order chi connectivity index (χ1) is 30.6. The molecule has 21 heteroatoms. The average molecular weight is 897 g/mol. The first-order valence-corrected chi connectivity index (χ1v) is 21.4. The van der Waals surface area contributed by atoms with Crippen LogP contribution in [0.3, 0.4) is 0 Å². The summed E-state index contributed by atoms with van der Waals surface area (Å²) < 4.78 is 0. The molecule has 0 aromatic heterocycles. The molecule has 0 radical (unpaired) electrons. The Morgan fingerprint density at radius 2 is 1.27 bits per heavy atom. The summed E-state index contributed by atoms with van der Waals surface area (Å²) in [4.78, 5) is 95.1. The van der Waals surface area contributed by atoms with Crippen molar-refractivity contribution < 1.29 is 54.0 Å². The number of aliphatic hydroxyl groups is 2. The number of rotatable bonds is 29. The van der Waals surface area contributed by atoms with Crippen molar-refractivity contribution in [1.82, 2.24) is 37.2 Å². The lowest BCUT2D eigenvalue weighted by molar-refractivity contribution is -0.139. The van der Waals surface area contributed by atoms with E-state index in [1.54, 1.807) is 30.3 Å². The van der Waals surface area contributed by atoms with Crippen LogP contribution in [-0.4, -0.2) is 142 Å². The predicted octanol–water partition coefficient (Wildman–Crippen LogP) is -2.24. The number of hydrogen-bond donors (Lipinski definition) is 13. The number of carbonyl (C=O) groups excluding carboxylic acids is 5. The van der Waals surface area contributed by atoms with Crippen LogP contribution in [0.25, 0.3) is 0 Å². The third-order valence-corrected chi connectivity index (χ3v) is 10.5. The maximum atomic E-state index is 14.2. The first-order valence-electron chi connectivity index (χ1n) is 21.4. The Morgan fingerprint density at radius 1 is 0.719 bits per heavy atom. The summed E-state index contributed by atoms with van der Waals surface area (Å²) in [6.45, 7) is 1.46. The zero-order valence-corrected chi connectivity index (χ0v) is 36.0. The Balaban J connectivity index is 1.89. The Labute approximate surface area is 372 Å². The van der Waals surface area contributed by atoms with Gasteiger partial charge in [-0.3, -0.25) is 38.6 Å². The molecule has 352 valence electrons. The fourth-order valence-corrected chi connectivity index (χ4v) is 6.99. The normalized spacial score (nSPS) is 16.6. The zero-order chi connectivity index (χ0) is 47.0. The van der Waals surface area contributed by atoms with Crippen molar-refractivity contribution in [1.29, 1.82) is 0 Å². The quantitative estimate of drug-likeness (QED) is 0.0233. The smallest absolute Gasteiger partial charge is 0.303 e. The maximum absolute atomic E-state index is 14.2. The molecule has 0 aliphatic carbocycles. The summed E-state index contributed by atoms with van der Waals surface area (Å²) in [5.41, 5.74) is 12.5. The van der Waals surface area contributed by atoms with Gasteiger partial charge in [-0.2, -0.15) is 0 Å². The van der Waals surface area contributed by atoms with Gasteiger partial charge < -0.3 is 69.1 Å². The van der Waals surface area contributed by atoms with Crippen molar-refractivity contribution in [3.63, 3.8) is 0 Å². The summed E-state index contributed by atoms with van der Waals surface area (Å²) in [7, 11) is 0. The largest absolute Gasteiger partial charge is 0.481 e. The number of hydrogen-bond acceptors (Lipinski definition) is 12. The highest BCUT2D eigenvalue weighted by Gasteiger charge is 2.34. The number of nitrogens with zero attached hydrogens (tertiary/aromatic N) is 1. The van der Waals surface area contributed by atoms with E-state index in [2.05, 4.69) is 42.2 Å². The molecule has 3 rings (SSSR count). The molecule has 1 saturated heterocycles. The Hall–Kier alpha value is -6.16. The van der Waals surface area contributed by atoms with Crippen molar-refractivity contribution in [2.45, 2.75) is 120 Å². The fourth-order valence-electron chi connectivity index (χ4n) is 6.99. The zero-order valence-electron chi connectivity index (χ0n) is 36.0. The standard InChI is InChI=1S/C43H64N10O11/c1-26(55)37(53-38(60)31-14-8-20-46-31)42(64)52-33(17-19-36(58)59)40(62)50-30(22-27-10-4-2-5-11-27)24-48-34(23-28-12-6-3-7-13-28)41(63)51-32(15-9-21-47-43(44)45)39(61)49-29(25-54)16-18-35(56)57/h2-7,10-13,26,29-34,37,46,48,54-55H,8-9,14-25H2,1H3,(H,49,61)(H,50,62)(H,51,63)(H,52,64)(H,53,60)(H,56,57)(H,58,59)(H4,44,45,47)/t26-,29+,30+,31+,32+,33+,34+,37+/m1/s1. The maximum Gasteiger partial charge on any atom is 0.303 e. The summed E-state index contributed by atoms with van der Waals surface area (Å²) in [6, 6.07) is 10.8. The van der Waals surface area contributed by atoms with Crippen LogP contribution < -0.4 is 48.7 Å². The topological polar surface area (TPSA) is 349 Å². The average Bonchev–Trinajstić information content (AvgIpc) is 3.81. The van der Waals surface area contributed by atoms with E-state index in [-0.39, 0.29) is 64.0 Å². The first kappa shape index (κ1) is 52.2. The number of carbonyl (C=O) groups is 7. The Bertz CT molecular complexity index is 1840. The van der Waals surface area contributed by atoms with Crippen LogP contribution in [0, 0.1) is 0 Å². The molecule has 2 aromatic carbocycles. The lowest BCUT2D eigenvalue weighted by Crippen LogP contribution is -2.60. The van der Waals surface area contributed by atoms with Crippen LogP contribution in [0.4, 0.5) is 0 Å². The van der Waals surface area contributed by atoms with E-state index in [4.69, 9.17) is 16.6 Å². The second-order valence-electron chi connectivity index (χ2n) is 15.7. The Kier molecular flexibility index (Phi) is 22.7. The van der Waals surface area contributed by atoms with Crippen LogP contribution in [0.1, 0.15) is 69.4 Å². The molecule has 1 aliphatic rings. The molecule has 0 saturated carbocycles. The number of carboxylic acid groups (broad SMARTS) is 2. The molecule has 1 aliphatic heterocycles. The van der Waals surface area contributed by atoms with Gasteiger partial charge in [0.25, 0.3) is 0 Å². The van der Waals surface area contributed by atoms with Gasteiger partial charge in [0, 0.05) is 32.0 Å². The van der Waals surface area contributed by atoms with Crippen molar-refractivity contribution in [2.75, 3.05) is 26.2 Å². The number of guanidine groups is 1. The van der Waals surface area contributed by atoms with Gasteiger partial charge in [-0.1, -0.05) is 60.7 Å². The number of amides is 5. The third kappa shape index (κ3) is 19.5. The molecule has 64 heavy (non-hydrogen) atoms. The molecule has 8 atom stereocenters. The van der Waals surface area contributed by atoms with Crippen LogP contribution in [0.15, 0.2) is 65.7 Å². The van der Waals surface area contributed by atoms with Crippen LogP contribution in [0.2, 0.25) is 0 Å². The number of aliphatic hydroxyl groups excluding tert-OH is 2. The summed E-state index contributed by atoms with van der Waals surface area (Å²) in [6.07, 6.45) is -0.625. The number of nitrogens with two attached hydrogens (primary N) is 2. The van der Waals surface area contributed by atoms with Crippen LogP contribution in [0.5, 0.6) is 0 Å². The molecule has 2 aromatic rings. The molecule has 15 N–H and O–H groups in total. The molecular weight excluding hydrogens is 833 g/mol.